The van der Waals surface area contributed by atoms with Crippen LogP contribution >= 0.6 is 40.4 Å². The van der Waals surface area contributed by atoms with E-state index in [0.29, 0.717) is 123 Å². The number of unbranched alkanes of at least 4 members (excludes halogenated alkanes) is 2. The quantitative estimate of drug-likeness (QED) is 0.00794. The summed E-state index contributed by atoms with van der Waals surface area (Å²) in [5, 5.41) is 16.7. The molecule has 37 heteroatoms. The van der Waals surface area contributed by atoms with E-state index in [9.17, 15) is 13.9 Å². The molecule has 0 amide bonds. The van der Waals surface area contributed by atoms with Gasteiger partial charge < -0.3 is 84.4 Å². The highest BCUT2D eigenvalue weighted by atomic mass is 35.5. The zero-order valence-corrected chi connectivity index (χ0v) is 87.3. The monoisotopic (exact) mass is 1950 g/mol. The molecule has 0 saturated carbocycles. The second kappa shape index (κ2) is 62.8. The van der Waals surface area contributed by atoms with Crippen LogP contribution in [-0.4, -0.2) is 221 Å². The smallest absolute Gasteiger partial charge is 0.406 e. The fourth-order valence-corrected chi connectivity index (χ4v) is 22.2. The van der Waals surface area contributed by atoms with E-state index >= 15 is 0 Å². The van der Waals surface area contributed by atoms with E-state index in [-0.39, 0.29) is 49.4 Å². The lowest BCUT2D eigenvalue weighted by Crippen LogP contribution is -2.45. The van der Waals surface area contributed by atoms with E-state index in [0.717, 1.165) is 60.4 Å². The van der Waals surface area contributed by atoms with Gasteiger partial charge in [-0.05, 0) is 239 Å². The molecule has 9 atom stereocenters. The number of nitrogens with one attached hydrogen (secondary N) is 5. The predicted molar refractivity (Wildman–Crippen MR) is 518 cm³/mol. The van der Waals surface area contributed by atoms with Crippen LogP contribution in [0.15, 0.2) is 127 Å². The van der Waals surface area contributed by atoms with Gasteiger partial charge in [0.05, 0.1) is 139 Å². The lowest BCUT2D eigenvalue weighted by molar-refractivity contribution is -0.141. The van der Waals surface area contributed by atoms with Gasteiger partial charge in [-0.2, -0.15) is 0 Å². The topological polar surface area (TPSA) is 314 Å². The van der Waals surface area contributed by atoms with Gasteiger partial charge in [0.15, 0.2) is 12.6 Å². The zero-order chi connectivity index (χ0) is 96.2. The molecule has 1 aliphatic heterocycles. The Labute approximate surface area is 787 Å². The number of rotatable bonds is 60. The third-order valence-corrected chi connectivity index (χ3v) is 27.8. The van der Waals surface area contributed by atoms with Gasteiger partial charge in [-0.3, -0.25) is 28.2 Å². The summed E-state index contributed by atoms with van der Waals surface area (Å²) < 4.78 is 148. The standard InChI is InChI=1S/C32H45N2O4P.C22H38NO7PS.C21H37ClNO6PS.C17H36NO8P/c1-26(2)34-39(35,38-31(3,4)5)37-25-15-9-14-24-33-32(27-16-10-7-11-17-27,28-18-12-8-13-19-28)29-20-22-30(36-6)23-21-29;1-17(11-13-24-5)29-31(32,30-22(2,3)4)23-12-14-26-15-20-16-27-21(28-20)18-7-9-19(25-6)10-8-18;1-8-26-14-16(2)15-28-30(31,29-21(3,4)5)23-11-12-27-17-9-10-18(19(22)13-17)20(24-6)25-7;1-15(7-8-16(19)22-6)25-27(20,26-17(2,3)4)18-9-10-23-13-14-24-12-11-21-5/h7-8,10-13,16-23,26,33H,9,14-15,24-25H2,1-6H3,(H,34,35);7-10,17,20-21H,11-16H2,1-6H3,(H,23,32);9-10,13,16,20H,8,11-12,14-15H2,1-7H3,(H,23,31);15H,7-14H2,1-6H3,(H,18,20). The minimum absolute atomic E-state index is 0.00978. The average molecular weight is 1960 g/mol. The minimum Gasteiger partial charge on any atom is -0.497 e. The van der Waals surface area contributed by atoms with Crippen LogP contribution in [0, 0.1) is 5.92 Å². The molecule has 1 aliphatic rings. The van der Waals surface area contributed by atoms with E-state index < -0.39 is 69.1 Å². The van der Waals surface area contributed by atoms with Crippen molar-refractivity contribution in [3.63, 3.8) is 0 Å². The van der Waals surface area contributed by atoms with Gasteiger partial charge in [0.25, 0.3) is 13.3 Å². The molecule has 0 radical (unpaired) electrons. The predicted octanol–water partition coefficient (Wildman–Crippen LogP) is 19.7. The second-order valence-corrected chi connectivity index (χ2v) is 44.6. The second-order valence-electron chi connectivity index (χ2n) is 34.5. The van der Waals surface area contributed by atoms with E-state index in [1.807, 2.05) is 151 Å². The fourth-order valence-electron chi connectivity index (χ4n) is 12.1. The molecule has 5 aromatic carbocycles. The Morgan fingerprint density at radius 2 is 1.02 bits per heavy atom. The molecule has 9 unspecified atom stereocenters. The number of esters is 1. The van der Waals surface area contributed by atoms with Crippen molar-refractivity contribution in [1.82, 2.24) is 25.7 Å². The number of benzene rings is 5. The maximum absolute atomic E-state index is 13.2. The molecule has 0 spiro atoms. The van der Waals surface area contributed by atoms with Crippen molar-refractivity contribution in [3.05, 3.63) is 160 Å². The highest BCUT2D eigenvalue weighted by Crippen LogP contribution is 2.52. The molecular formula is C92H156ClN5O25P4S2. The first-order chi connectivity index (χ1) is 60.9. The zero-order valence-electron chi connectivity index (χ0n) is 81.3. The molecule has 5 aromatic rings. The molecule has 30 nitrogen and oxygen atoms in total. The van der Waals surface area contributed by atoms with Crippen molar-refractivity contribution >= 4 is 70.0 Å². The van der Waals surface area contributed by atoms with Crippen LogP contribution in [-0.2, 0) is 131 Å². The molecule has 5 N–H and O–H groups in total. The van der Waals surface area contributed by atoms with Crippen molar-refractivity contribution in [3.8, 4) is 17.2 Å². The Bertz CT molecular complexity index is 3960. The number of hydrogen-bond acceptors (Lipinski definition) is 28. The van der Waals surface area contributed by atoms with Gasteiger partial charge in [0.1, 0.15) is 30.0 Å². The van der Waals surface area contributed by atoms with Gasteiger partial charge in [0, 0.05) is 90.8 Å². The lowest BCUT2D eigenvalue weighted by atomic mass is 9.77. The minimum atomic E-state index is -3.57. The van der Waals surface area contributed by atoms with Crippen LogP contribution in [0.1, 0.15) is 204 Å². The fraction of sp³-hybridized carbons (Fsp3) is 0.663. The highest BCUT2D eigenvalue weighted by Gasteiger charge is 2.38. The van der Waals surface area contributed by atoms with Crippen molar-refractivity contribution in [1.29, 1.82) is 0 Å². The van der Waals surface area contributed by atoms with E-state index in [1.165, 1.54) is 18.2 Å². The SMILES string of the molecule is CCOCC(C)COP(=S)(NCCOc1ccc(C(OC)OC)c(Cl)c1)OC(C)(C)C.COCCC(C)OP(=S)(NCCOCC1COC(c2ccc(OC)cc2)O1)OC(C)(C)C.COCCOCCOCCNP(=O)(OC(C)CCC(=O)OC)OC(C)(C)C.COc1ccc(C(NCCCCCOP(=O)(NC(C)C)OC(C)(C)C)(c2ccccc2)c2ccccc2)cc1. The van der Waals surface area contributed by atoms with Crippen LogP contribution in [0.25, 0.3) is 0 Å². The Morgan fingerprint density at radius 1 is 0.512 bits per heavy atom. The molecule has 0 bridgehead atoms. The van der Waals surface area contributed by atoms with Gasteiger partial charge >= 0.3 is 21.5 Å². The van der Waals surface area contributed by atoms with Crippen LogP contribution < -0.4 is 39.9 Å². The summed E-state index contributed by atoms with van der Waals surface area (Å²) in [5.41, 5.74) is 2.56. The van der Waals surface area contributed by atoms with Crippen molar-refractivity contribution in [2.45, 2.75) is 228 Å². The van der Waals surface area contributed by atoms with Crippen LogP contribution in [0.4, 0.5) is 0 Å². The third kappa shape index (κ3) is 51.7. The summed E-state index contributed by atoms with van der Waals surface area (Å²) in [7, 11) is 4.10. The average Bonchev–Trinajstić information content (AvgIpc) is 1.44. The Hall–Kier alpha value is -3.90. The molecule has 1 heterocycles. The summed E-state index contributed by atoms with van der Waals surface area (Å²) >= 11 is 17.8. The number of methoxy groups -OCH3 is 7. The molecular weight excluding hydrogens is 1800 g/mol. The summed E-state index contributed by atoms with van der Waals surface area (Å²) in [6.45, 7) is 37.8. The number of ether oxygens (including phenoxy) is 14. The third-order valence-electron chi connectivity index (χ3n) is 17.6. The van der Waals surface area contributed by atoms with Gasteiger partial charge in [-0.1, -0.05) is 103 Å². The summed E-state index contributed by atoms with van der Waals surface area (Å²) in [6, 6.07) is 42.4. The number of hydrogen-bond donors (Lipinski definition) is 5. The number of carbonyl (C=O) groups is 1. The first-order valence-electron chi connectivity index (χ1n) is 44.0. The van der Waals surface area contributed by atoms with E-state index in [2.05, 4.69) is 98.0 Å². The van der Waals surface area contributed by atoms with Crippen molar-refractivity contribution < 1.29 is 116 Å². The maximum atomic E-state index is 13.2. The van der Waals surface area contributed by atoms with E-state index in [1.54, 1.807) is 76.4 Å². The molecule has 6 rings (SSSR count). The molecule has 0 aromatic heterocycles. The Morgan fingerprint density at radius 3 is 1.57 bits per heavy atom. The van der Waals surface area contributed by atoms with Gasteiger partial charge in [-0.25, -0.2) is 29.5 Å². The Kier molecular flexibility index (Phi) is 58.0. The summed E-state index contributed by atoms with van der Waals surface area (Å²) in [6.07, 6.45) is 2.39. The molecule has 129 heavy (non-hydrogen) atoms. The summed E-state index contributed by atoms with van der Waals surface area (Å²) in [5.74, 6) is 2.14. The summed E-state index contributed by atoms with van der Waals surface area (Å²) in [4.78, 5) is 11.2. The molecule has 1 fully saturated rings. The van der Waals surface area contributed by atoms with Crippen molar-refractivity contribution in [2.75, 3.05) is 168 Å². The number of carbonyl (C=O) groups excluding carboxylic acids is 1. The highest BCUT2D eigenvalue weighted by molar-refractivity contribution is 8.09. The normalized spacial score (nSPS) is 16.5. The Balaban J connectivity index is 0.000000448. The molecule has 1 saturated heterocycles. The van der Waals surface area contributed by atoms with E-state index in [4.69, 9.17) is 133 Å². The van der Waals surface area contributed by atoms with Crippen LogP contribution in [0.3, 0.4) is 0 Å². The lowest BCUT2D eigenvalue weighted by Gasteiger charge is -2.37. The van der Waals surface area contributed by atoms with Gasteiger partial charge in [0.2, 0.25) is 0 Å². The first-order valence-corrected chi connectivity index (χ1v) is 52.8. The number of halogens is 1. The maximum Gasteiger partial charge on any atom is 0.406 e. The molecule has 0 aliphatic carbocycles. The van der Waals surface area contributed by atoms with Gasteiger partial charge in [-0.15, -0.1) is 0 Å². The first kappa shape index (κ1) is 119. The molecule has 738 valence electrons. The van der Waals surface area contributed by atoms with Crippen molar-refractivity contribution in [2.24, 2.45) is 5.92 Å². The van der Waals surface area contributed by atoms with Crippen LogP contribution in [0.5, 0.6) is 17.2 Å². The van der Waals surface area contributed by atoms with Crippen LogP contribution in [0.2, 0.25) is 5.02 Å². The largest absolute Gasteiger partial charge is 0.497 e.